The highest BCUT2D eigenvalue weighted by Crippen LogP contribution is 2.39. The van der Waals surface area contributed by atoms with Crippen molar-refractivity contribution in [3.63, 3.8) is 0 Å². The van der Waals surface area contributed by atoms with Crippen LogP contribution < -0.4 is 9.46 Å². The lowest BCUT2D eigenvalue weighted by atomic mass is 10.2. The van der Waals surface area contributed by atoms with E-state index in [0.717, 1.165) is 5.56 Å². The number of hydrogen-bond donors (Lipinski definition) is 1. The molecule has 0 radical (unpaired) electrons. The molecule has 0 spiro atoms. The number of hydrogen-bond acceptors (Lipinski definition) is 4. The van der Waals surface area contributed by atoms with Gasteiger partial charge in [0.1, 0.15) is 12.4 Å². The Balaban J connectivity index is 1.61. The molecule has 1 aliphatic carbocycles. The second-order valence-electron chi connectivity index (χ2n) is 5.96. The van der Waals surface area contributed by atoms with Crippen molar-refractivity contribution in [2.75, 3.05) is 0 Å². The van der Waals surface area contributed by atoms with E-state index in [4.69, 9.17) is 4.74 Å². The summed E-state index contributed by atoms with van der Waals surface area (Å²) in [6.45, 7) is 4.01. The van der Waals surface area contributed by atoms with Crippen molar-refractivity contribution in [1.82, 2.24) is 4.72 Å². The van der Waals surface area contributed by atoms with Gasteiger partial charge in [-0.2, -0.15) is 0 Å². The Labute approximate surface area is 147 Å². The maximum Gasteiger partial charge on any atom is 0.264 e. The van der Waals surface area contributed by atoms with Crippen molar-refractivity contribution >= 4 is 15.9 Å². The van der Waals surface area contributed by atoms with Crippen molar-refractivity contribution < 1.29 is 17.9 Å². The van der Waals surface area contributed by atoms with E-state index in [1.165, 1.54) is 12.1 Å². The molecule has 2 aromatic carbocycles. The maximum atomic E-state index is 12.3. The Bertz CT molecular complexity index is 860. The van der Waals surface area contributed by atoms with E-state index >= 15 is 0 Å². The minimum absolute atomic E-state index is 0.0312. The highest BCUT2D eigenvalue weighted by atomic mass is 32.2. The average molecular weight is 357 g/mol. The molecule has 130 valence electrons. The molecule has 0 heterocycles. The molecule has 2 aromatic rings. The molecule has 0 aromatic heterocycles. The zero-order chi connectivity index (χ0) is 17.9. The quantitative estimate of drug-likeness (QED) is 0.774. The number of amides is 1. The van der Waals surface area contributed by atoms with Crippen LogP contribution in [0.2, 0.25) is 0 Å². The minimum atomic E-state index is -3.87. The SMILES string of the molecule is C=C[C@@H]1C[C@@H]1C(=O)NS(=O)(=O)c1ccc(OCc2ccccc2)cc1. The summed E-state index contributed by atoms with van der Waals surface area (Å²) in [6, 6.07) is 15.7. The van der Waals surface area contributed by atoms with Gasteiger partial charge >= 0.3 is 0 Å². The van der Waals surface area contributed by atoms with Gasteiger partial charge < -0.3 is 4.74 Å². The van der Waals surface area contributed by atoms with E-state index in [0.29, 0.717) is 18.8 Å². The highest BCUT2D eigenvalue weighted by molar-refractivity contribution is 7.90. The first-order chi connectivity index (χ1) is 12.0. The molecule has 1 saturated carbocycles. The zero-order valence-corrected chi connectivity index (χ0v) is 14.4. The summed E-state index contributed by atoms with van der Waals surface area (Å²) in [5.41, 5.74) is 1.02. The Hall–Kier alpha value is -2.60. The third-order valence-electron chi connectivity index (χ3n) is 4.10. The number of rotatable bonds is 7. The average Bonchev–Trinajstić information content (AvgIpc) is 3.41. The molecular formula is C19H19NO4S. The largest absolute Gasteiger partial charge is 0.489 e. The van der Waals surface area contributed by atoms with Crippen LogP contribution in [0.15, 0.2) is 72.1 Å². The normalized spacial score (nSPS) is 19.0. The van der Waals surface area contributed by atoms with Gasteiger partial charge in [0.15, 0.2) is 0 Å². The van der Waals surface area contributed by atoms with E-state index in [9.17, 15) is 13.2 Å². The van der Waals surface area contributed by atoms with Crippen molar-refractivity contribution in [3.05, 3.63) is 72.8 Å². The fraction of sp³-hybridized carbons (Fsp3) is 0.211. The first-order valence-corrected chi connectivity index (χ1v) is 9.44. The number of benzene rings is 2. The molecular weight excluding hydrogens is 338 g/mol. The fourth-order valence-electron chi connectivity index (χ4n) is 2.50. The number of carbonyl (C=O) groups is 1. The van der Waals surface area contributed by atoms with E-state index in [1.807, 2.05) is 30.3 Å². The lowest BCUT2D eigenvalue weighted by Crippen LogP contribution is -2.32. The molecule has 1 fully saturated rings. The van der Waals surface area contributed by atoms with Gasteiger partial charge in [0.25, 0.3) is 10.0 Å². The van der Waals surface area contributed by atoms with Gasteiger partial charge in [0.2, 0.25) is 5.91 Å². The number of allylic oxidation sites excluding steroid dienone is 1. The van der Waals surface area contributed by atoms with Gasteiger partial charge in [0.05, 0.1) is 4.90 Å². The molecule has 0 unspecified atom stereocenters. The van der Waals surface area contributed by atoms with E-state index in [1.54, 1.807) is 18.2 Å². The molecule has 25 heavy (non-hydrogen) atoms. The third kappa shape index (κ3) is 4.28. The summed E-state index contributed by atoms with van der Waals surface area (Å²) in [7, 11) is -3.87. The van der Waals surface area contributed by atoms with Gasteiger partial charge in [-0.05, 0) is 42.2 Å². The molecule has 1 aliphatic rings. The number of ether oxygens (including phenoxy) is 1. The summed E-state index contributed by atoms with van der Waals surface area (Å²) in [5.74, 6) is -0.137. The van der Waals surface area contributed by atoms with Gasteiger partial charge in [0, 0.05) is 5.92 Å². The van der Waals surface area contributed by atoms with E-state index < -0.39 is 15.9 Å². The van der Waals surface area contributed by atoms with E-state index in [2.05, 4.69) is 11.3 Å². The Kier molecular flexibility index (Phi) is 4.90. The summed E-state index contributed by atoms with van der Waals surface area (Å²) in [5, 5.41) is 0. The number of nitrogens with one attached hydrogen (secondary N) is 1. The van der Waals surface area contributed by atoms with Crippen LogP contribution in [-0.2, 0) is 21.4 Å². The van der Waals surface area contributed by atoms with Gasteiger partial charge in [-0.3, -0.25) is 4.79 Å². The Morgan fingerprint density at radius 2 is 1.84 bits per heavy atom. The summed E-state index contributed by atoms with van der Waals surface area (Å²) < 4.78 is 32.3. The van der Waals surface area contributed by atoms with Crippen LogP contribution in [-0.4, -0.2) is 14.3 Å². The van der Waals surface area contributed by atoms with Crippen molar-refractivity contribution in [2.45, 2.75) is 17.9 Å². The smallest absolute Gasteiger partial charge is 0.264 e. The molecule has 3 rings (SSSR count). The molecule has 5 nitrogen and oxygen atoms in total. The second-order valence-corrected chi connectivity index (χ2v) is 7.64. The number of carbonyl (C=O) groups excluding carboxylic acids is 1. The molecule has 0 saturated heterocycles. The lowest BCUT2D eigenvalue weighted by molar-refractivity contribution is -0.120. The predicted octanol–water partition coefficient (Wildman–Crippen LogP) is 2.89. The van der Waals surface area contributed by atoms with Crippen LogP contribution >= 0.6 is 0 Å². The van der Waals surface area contributed by atoms with Crippen molar-refractivity contribution in [1.29, 1.82) is 0 Å². The standard InChI is InChI=1S/C19H19NO4S/c1-2-15-12-18(15)19(21)20-25(22,23)17-10-8-16(9-11-17)24-13-14-6-4-3-5-7-14/h2-11,15,18H,1,12-13H2,(H,20,21)/t15-,18+/m1/s1. The van der Waals surface area contributed by atoms with Gasteiger partial charge in [-0.15, -0.1) is 6.58 Å². The van der Waals surface area contributed by atoms with Gasteiger partial charge in [-0.25, -0.2) is 13.1 Å². The zero-order valence-electron chi connectivity index (χ0n) is 13.6. The first kappa shape index (κ1) is 17.2. The monoisotopic (exact) mass is 357 g/mol. The maximum absolute atomic E-state index is 12.3. The molecule has 6 heteroatoms. The Morgan fingerprint density at radius 1 is 1.16 bits per heavy atom. The molecule has 2 atom stereocenters. The Morgan fingerprint density at radius 3 is 2.44 bits per heavy atom. The first-order valence-electron chi connectivity index (χ1n) is 7.95. The van der Waals surface area contributed by atoms with Crippen LogP contribution in [0.5, 0.6) is 5.75 Å². The molecule has 0 bridgehead atoms. The summed E-state index contributed by atoms with van der Waals surface area (Å²) >= 11 is 0. The summed E-state index contributed by atoms with van der Waals surface area (Å²) in [4.78, 5) is 12.0. The molecule has 1 N–H and O–H groups in total. The highest BCUT2D eigenvalue weighted by Gasteiger charge is 2.42. The molecule has 1 amide bonds. The molecule has 0 aliphatic heterocycles. The van der Waals surface area contributed by atoms with Crippen LogP contribution in [0.4, 0.5) is 0 Å². The topological polar surface area (TPSA) is 72.5 Å². The van der Waals surface area contributed by atoms with Crippen LogP contribution in [0.25, 0.3) is 0 Å². The summed E-state index contributed by atoms with van der Waals surface area (Å²) in [6.07, 6.45) is 2.33. The van der Waals surface area contributed by atoms with Crippen LogP contribution in [0.1, 0.15) is 12.0 Å². The van der Waals surface area contributed by atoms with Crippen LogP contribution in [0.3, 0.4) is 0 Å². The van der Waals surface area contributed by atoms with Crippen LogP contribution in [0, 0.1) is 11.8 Å². The predicted molar refractivity (Wildman–Crippen MR) is 94.3 cm³/mol. The lowest BCUT2D eigenvalue weighted by Gasteiger charge is -2.09. The van der Waals surface area contributed by atoms with E-state index in [-0.39, 0.29) is 16.7 Å². The number of sulfonamides is 1. The van der Waals surface area contributed by atoms with Gasteiger partial charge in [-0.1, -0.05) is 36.4 Å². The fourth-order valence-corrected chi connectivity index (χ4v) is 3.53. The second kappa shape index (κ2) is 7.11. The third-order valence-corrected chi connectivity index (χ3v) is 5.46. The van der Waals surface area contributed by atoms with Crippen molar-refractivity contribution in [2.24, 2.45) is 11.8 Å². The van der Waals surface area contributed by atoms with Crippen molar-refractivity contribution in [3.8, 4) is 5.75 Å². The minimum Gasteiger partial charge on any atom is -0.489 e.